The van der Waals surface area contributed by atoms with E-state index in [1.54, 1.807) is 0 Å². The molecule has 4 nitrogen and oxygen atoms in total. The van der Waals surface area contributed by atoms with Gasteiger partial charge in [0.25, 0.3) is 0 Å². The number of benzene rings is 1. The van der Waals surface area contributed by atoms with Crippen LogP contribution >= 0.6 is 0 Å². The molecule has 120 valence electrons. The molecule has 2 aliphatic rings. The zero-order valence-corrected chi connectivity index (χ0v) is 14.0. The van der Waals surface area contributed by atoms with E-state index in [1.807, 2.05) is 28.9 Å². The minimum absolute atomic E-state index is 0.0586. The van der Waals surface area contributed by atoms with Crippen LogP contribution in [0.25, 0.3) is 0 Å². The zero-order valence-electron chi connectivity index (χ0n) is 14.0. The van der Waals surface area contributed by atoms with Gasteiger partial charge in [-0.2, -0.15) is 5.10 Å². The van der Waals surface area contributed by atoms with Gasteiger partial charge in [0.2, 0.25) is 5.91 Å². The number of aryl methyl sites for hydroxylation is 2. The SMILES string of the molecule is Cn1ncc2c1CC(C(=O)N1c3ccccc3CC1(C)C)CC2. The van der Waals surface area contributed by atoms with E-state index in [0.717, 1.165) is 31.4 Å². The highest BCUT2D eigenvalue weighted by Crippen LogP contribution is 2.40. The normalized spacial score (nSPS) is 21.9. The van der Waals surface area contributed by atoms with Crippen molar-refractivity contribution in [1.82, 2.24) is 9.78 Å². The summed E-state index contributed by atoms with van der Waals surface area (Å²) in [6.07, 6.45) is 5.56. The van der Waals surface area contributed by atoms with Gasteiger partial charge in [0, 0.05) is 36.3 Å². The van der Waals surface area contributed by atoms with Crippen LogP contribution in [0.2, 0.25) is 0 Å². The molecule has 1 aromatic heterocycles. The van der Waals surface area contributed by atoms with Gasteiger partial charge in [0.1, 0.15) is 0 Å². The third-order valence-electron chi connectivity index (χ3n) is 5.38. The Morgan fingerprint density at radius 3 is 2.87 bits per heavy atom. The van der Waals surface area contributed by atoms with E-state index in [9.17, 15) is 4.79 Å². The lowest BCUT2D eigenvalue weighted by Gasteiger charge is -2.36. The van der Waals surface area contributed by atoms with Gasteiger partial charge in [-0.05, 0) is 50.3 Å². The summed E-state index contributed by atoms with van der Waals surface area (Å²) >= 11 is 0. The lowest BCUT2D eigenvalue weighted by atomic mass is 9.86. The molecule has 2 aromatic rings. The molecule has 0 saturated heterocycles. The summed E-state index contributed by atoms with van der Waals surface area (Å²) in [6.45, 7) is 4.34. The highest BCUT2D eigenvalue weighted by atomic mass is 16.2. The molecule has 1 amide bonds. The van der Waals surface area contributed by atoms with Crippen molar-refractivity contribution in [2.45, 2.75) is 45.1 Å². The van der Waals surface area contributed by atoms with Crippen LogP contribution < -0.4 is 4.90 Å². The van der Waals surface area contributed by atoms with E-state index in [2.05, 4.69) is 37.1 Å². The van der Waals surface area contributed by atoms with E-state index in [-0.39, 0.29) is 17.4 Å². The lowest BCUT2D eigenvalue weighted by Crippen LogP contribution is -2.49. The molecule has 1 atom stereocenters. The van der Waals surface area contributed by atoms with Crippen molar-refractivity contribution in [3.63, 3.8) is 0 Å². The molecular formula is C19H23N3O. The molecule has 0 N–H and O–H groups in total. The highest BCUT2D eigenvalue weighted by molar-refractivity contribution is 5.98. The van der Waals surface area contributed by atoms with Gasteiger partial charge >= 0.3 is 0 Å². The summed E-state index contributed by atoms with van der Waals surface area (Å²) in [6, 6.07) is 8.32. The van der Waals surface area contributed by atoms with Crippen LogP contribution in [0.5, 0.6) is 0 Å². The van der Waals surface area contributed by atoms with Gasteiger partial charge in [0.15, 0.2) is 0 Å². The first-order chi connectivity index (χ1) is 11.0. The Morgan fingerprint density at radius 1 is 1.26 bits per heavy atom. The Hall–Kier alpha value is -2.10. The second-order valence-corrected chi connectivity index (χ2v) is 7.47. The summed E-state index contributed by atoms with van der Waals surface area (Å²) in [4.78, 5) is 15.4. The van der Waals surface area contributed by atoms with Crippen LogP contribution in [-0.2, 0) is 31.1 Å². The summed E-state index contributed by atoms with van der Waals surface area (Å²) in [5.74, 6) is 0.329. The topological polar surface area (TPSA) is 38.1 Å². The van der Waals surface area contributed by atoms with Crippen molar-refractivity contribution < 1.29 is 4.79 Å². The number of carbonyl (C=O) groups excluding carboxylic acids is 1. The molecular weight excluding hydrogens is 286 g/mol. The van der Waals surface area contributed by atoms with E-state index in [0.29, 0.717) is 0 Å². The molecule has 1 aliphatic heterocycles. The monoisotopic (exact) mass is 309 g/mol. The molecule has 2 heterocycles. The Balaban J connectivity index is 1.66. The fourth-order valence-corrected chi connectivity index (χ4v) is 4.21. The maximum Gasteiger partial charge on any atom is 0.231 e. The van der Waals surface area contributed by atoms with Crippen molar-refractivity contribution in [3.8, 4) is 0 Å². The van der Waals surface area contributed by atoms with Crippen molar-refractivity contribution in [2.24, 2.45) is 13.0 Å². The first-order valence-corrected chi connectivity index (χ1v) is 8.39. The number of rotatable bonds is 1. The molecule has 0 spiro atoms. The number of hydrogen-bond acceptors (Lipinski definition) is 2. The maximum absolute atomic E-state index is 13.3. The predicted molar refractivity (Wildman–Crippen MR) is 90.4 cm³/mol. The molecule has 0 saturated carbocycles. The van der Waals surface area contributed by atoms with Gasteiger partial charge in [0.05, 0.1) is 6.20 Å². The molecule has 1 unspecified atom stereocenters. The largest absolute Gasteiger partial charge is 0.306 e. The van der Waals surface area contributed by atoms with Gasteiger partial charge in [-0.3, -0.25) is 9.48 Å². The number of amides is 1. The van der Waals surface area contributed by atoms with Gasteiger partial charge < -0.3 is 4.90 Å². The van der Waals surface area contributed by atoms with Crippen molar-refractivity contribution in [3.05, 3.63) is 47.3 Å². The van der Waals surface area contributed by atoms with E-state index in [1.165, 1.54) is 16.8 Å². The number of nitrogens with zero attached hydrogens (tertiary/aromatic N) is 3. The molecule has 0 fully saturated rings. The van der Waals surface area contributed by atoms with E-state index < -0.39 is 0 Å². The van der Waals surface area contributed by atoms with Crippen LogP contribution in [0.3, 0.4) is 0 Å². The zero-order chi connectivity index (χ0) is 16.2. The minimum Gasteiger partial charge on any atom is -0.306 e. The van der Waals surface area contributed by atoms with Crippen LogP contribution in [-0.4, -0.2) is 21.2 Å². The van der Waals surface area contributed by atoms with Crippen LogP contribution in [0.15, 0.2) is 30.5 Å². The lowest BCUT2D eigenvalue weighted by molar-refractivity contribution is -0.123. The van der Waals surface area contributed by atoms with Crippen molar-refractivity contribution in [2.75, 3.05) is 4.90 Å². The summed E-state index contributed by atoms with van der Waals surface area (Å²) in [5.41, 5.74) is 4.76. The standard InChI is InChI=1S/C19H23N3O/c1-19(2)11-14-6-4-5-7-16(14)22(19)18(23)13-8-9-15-12-20-21(3)17(15)10-13/h4-7,12-13H,8-11H2,1-3H3. The third kappa shape index (κ3) is 2.19. The Labute approximate surface area is 137 Å². The molecule has 4 rings (SSSR count). The molecule has 1 aliphatic carbocycles. The average Bonchev–Trinajstić information content (AvgIpc) is 3.02. The van der Waals surface area contributed by atoms with Crippen LogP contribution in [0, 0.1) is 5.92 Å². The Kier molecular flexibility index (Phi) is 3.12. The van der Waals surface area contributed by atoms with Crippen LogP contribution in [0.1, 0.15) is 37.1 Å². The number of aromatic nitrogens is 2. The summed E-state index contributed by atoms with van der Waals surface area (Å²) in [5, 5.41) is 4.35. The molecule has 0 bridgehead atoms. The first kappa shape index (κ1) is 14.5. The van der Waals surface area contributed by atoms with E-state index in [4.69, 9.17) is 0 Å². The number of hydrogen-bond donors (Lipinski definition) is 0. The van der Waals surface area contributed by atoms with Gasteiger partial charge in [-0.15, -0.1) is 0 Å². The fourth-order valence-electron chi connectivity index (χ4n) is 4.21. The number of fused-ring (bicyclic) bond motifs is 2. The quantitative estimate of drug-likeness (QED) is 0.812. The molecule has 0 radical (unpaired) electrons. The summed E-state index contributed by atoms with van der Waals surface area (Å²) in [7, 11) is 1.97. The maximum atomic E-state index is 13.3. The smallest absolute Gasteiger partial charge is 0.231 e. The third-order valence-corrected chi connectivity index (χ3v) is 5.38. The molecule has 23 heavy (non-hydrogen) atoms. The average molecular weight is 309 g/mol. The van der Waals surface area contributed by atoms with Crippen molar-refractivity contribution >= 4 is 11.6 Å². The minimum atomic E-state index is -0.145. The number of carbonyl (C=O) groups is 1. The van der Waals surface area contributed by atoms with Gasteiger partial charge in [-0.1, -0.05) is 18.2 Å². The second kappa shape index (κ2) is 4.95. The first-order valence-electron chi connectivity index (χ1n) is 8.39. The van der Waals surface area contributed by atoms with E-state index >= 15 is 0 Å². The predicted octanol–water partition coefficient (Wildman–Crippen LogP) is 2.89. The Morgan fingerprint density at radius 2 is 2.04 bits per heavy atom. The molecule has 1 aromatic carbocycles. The van der Waals surface area contributed by atoms with Crippen molar-refractivity contribution in [1.29, 1.82) is 0 Å². The Bertz CT molecular complexity index is 775. The summed E-state index contributed by atoms with van der Waals surface area (Å²) < 4.78 is 1.93. The fraction of sp³-hybridized carbons (Fsp3) is 0.474. The molecule has 4 heteroatoms. The second-order valence-electron chi connectivity index (χ2n) is 7.47. The van der Waals surface area contributed by atoms with Gasteiger partial charge in [-0.25, -0.2) is 0 Å². The highest BCUT2D eigenvalue weighted by Gasteiger charge is 2.42. The number of para-hydroxylation sites is 1. The van der Waals surface area contributed by atoms with Crippen LogP contribution in [0.4, 0.5) is 5.69 Å². The number of anilines is 1.